The van der Waals surface area contributed by atoms with Crippen LogP contribution in [0.2, 0.25) is 0 Å². The van der Waals surface area contributed by atoms with Gasteiger partial charge in [0, 0.05) is 24.6 Å². The van der Waals surface area contributed by atoms with Gasteiger partial charge in [-0.15, -0.1) is 50.9 Å². The van der Waals surface area contributed by atoms with E-state index in [9.17, 15) is 0 Å². The van der Waals surface area contributed by atoms with Crippen molar-refractivity contribution in [3.63, 3.8) is 0 Å². The lowest BCUT2D eigenvalue weighted by Crippen LogP contribution is -2.18. The van der Waals surface area contributed by atoms with Gasteiger partial charge in [0.05, 0.1) is 0 Å². The molecule has 5 unspecified atom stereocenters. The van der Waals surface area contributed by atoms with Crippen LogP contribution in [0.1, 0.15) is 293 Å². The highest BCUT2D eigenvalue weighted by Crippen LogP contribution is 2.27. The van der Waals surface area contributed by atoms with Gasteiger partial charge in [0.1, 0.15) is 19.8 Å². The lowest BCUT2D eigenvalue weighted by molar-refractivity contribution is -0.499. The maximum absolute atomic E-state index is 5.58. The van der Waals surface area contributed by atoms with Crippen molar-refractivity contribution in [1.29, 1.82) is 0 Å². The van der Waals surface area contributed by atoms with Gasteiger partial charge in [-0.25, -0.2) is 4.58 Å². The summed E-state index contributed by atoms with van der Waals surface area (Å²) < 4.78 is 2.32. The average Bonchev–Trinajstić information content (AvgIpc) is 3.44. The number of allylic oxidation sites excluding steroid dienone is 13. The van der Waals surface area contributed by atoms with E-state index in [4.69, 9.17) is 6.42 Å². The van der Waals surface area contributed by atoms with Crippen molar-refractivity contribution in [3.8, 4) is 12.3 Å². The van der Waals surface area contributed by atoms with E-state index >= 15 is 0 Å². The van der Waals surface area contributed by atoms with E-state index < -0.39 is 0 Å². The Morgan fingerprint density at radius 2 is 1.17 bits per heavy atom. The Hall–Kier alpha value is -3.08. The first-order valence-corrected chi connectivity index (χ1v) is 32.8. The van der Waals surface area contributed by atoms with Crippen LogP contribution in [0.4, 0.5) is 0 Å². The summed E-state index contributed by atoms with van der Waals surface area (Å²) in [6, 6.07) is 0. The predicted molar refractivity (Wildman–Crippen MR) is 378 cm³/mol. The van der Waals surface area contributed by atoms with Crippen molar-refractivity contribution in [1.82, 2.24) is 0 Å². The molecule has 0 aliphatic heterocycles. The molecule has 0 aromatic carbocycles. The summed E-state index contributed by atoms with van der Waals surface area (Å²) in [6.07, 6.45) is 59.3. The molecule has 0 aromatic rings. The number of unbranched alkanes of at least 4 members (excludes halogenated alkanes) is 7. The van der Waals surface area contributed by atoms with Crippen molar-refractivity contribution in [3.05, 3.63) is 123 Å². The molecule has 0 saturated heterocycles. The third-order valence-corrected chi connectivity index (χ3v) is 12.7. The summed E-state index contributed by atoms with van der Waals surface area (Å²) in [5, 5.41) is 0. The second-order valence-electron chi connectivity index (χ2n) is 20.6. The molecule has 0 aliphatic carbocycles. The molecule has 0 amide bonds. The Balaban J connectivity index is -0.0000000939. The molecule has 0 rings (SSSR count). The number of alkyl halides is 1. The van der Waals surface area contributed by atoms with Gasteiger partial charge in [-0.3, -0.25) is 0 Å². The minimum Gasteiger partial charge on any atom is -0.242 e. The van der Waals surface area contributed by atoms with Gasteiger partial charge in [-0.1, -0.05) is 290 Å². The zero-order valence-corrected chi connectivity index (χ0v) is 58.7. The molecule has 5 atom stereocenters. The highest BCUT2D eigenvalue weighted by atomic mass is 35.5. The quantitative estimate of drug-likeness (QED) is 0.0115. The first-order valence-electron chi connectivity index (χ1n) is 32.1. The maximum atomic E-state index is 5.58. The molecule has 0 N–H and O–H groups in total. The van der Waals surface area contributed by atoms with Gasteiger partial charge in [-0.2, -0.15) is 0 Å². The summed E-state index contributed by atoms with van der Waals surface area (Å²) in [6.45, 7) is 68.2. The van der Waals surface area contributed by atoms with Crippen LogP contribution in [-0.2, 0) is 0 Å². The van der Waals surface area contributed by atoms with Crippen LogP contribution in [0.3, 0.4) is 0 Å². The predicted octanol–water partition coefficient (Wildman–Crippen LogP) is 27.0. The topological polar surface area (TPSA) is 3.01 Å². The minimum absolute atomic E-state index is 0.291. The van der Waals surface area contributed by atoms with E-state index in [0.717, 1.165) is 75.2 Å². The number of halogens is 1. The number of nitrogens with zero attached hydrogens (tertiary/aromatic N) is 1. The van der Waals surface area contributed by atoms with Crippen LogP contribution < -0.4 is 0 Å². The monoisotopic (exact) mass is 1110 g/mol. The van der Waals surface area contributed by atoms with Crippen LogP contribution in [0.25, 0.3) is 0 Å². The molecule has 2 heteroatoms. The molecule has 78 heavy (non-hydrogen) atoms. The van der Waals surface area contributed by atoms with Crippen molar-refractivity contribution in [2.24, 2.45) is 35.5 Å². The first kappa shape index (κ1) is 97.1. The fraction of sp³-hybridized carbons (Fsp3) is 0.697. The molecule has 0 aliphatic rings. The van der Waals surface area contributed by atoms with Crippen LogP contribution in [0.5, 0.6) is 0 Å². The summed E-state index contributed by atoms with van der Waals surface area (Å²) in [4.78, 5) is 0. The van der Waals surface area contributed by atoms with Gasteiger partial charge in [0.2, 0.25) is 0 Å². The lowest BCUT2D eigenvalue weighted by Gasteiger charge is -2.21. The summed E-state index contributed by atoms with van der Waals surface area (Å²) in [5.41, 5.74) is 5.46. The molecule has 0 heterocycles. The number of hydrogen-bond acceptors (Lipinski definition) is 0. The summed E-state index contributed by atoms with van der Waals surface area (Å²) in [5.74, 6) is 7.11. The average molecular weight is 1110 g/mol. The Morgan fingerprint density at radius 3 is 1.59 bits per heavy atom. The second-order valence-corrected chi connectivity index (χ2v) is 20.6. The van der Waals surface area contributed by atoms with Crippen molar-refractivity contribution in [2.75, 3.05) is 20.0 Å². The van der Waals surface area contributed by atoms with E-state index in [-0.39, 0.29) is 0 Å². The minimum atomic E-state index is 0.291. The molecule has 0 fully saturated rings. The van der Waals surface area contributed by atoms with Crippen LogP contribution in [-0.4, -0.2) is 30.8 Å². The van der Waals surface area contributed by atoms with Crippen molar-refractivity contribution < 1.29 is 4.58 Å². The van der Waals surface area contributed by atoms with Gasteiger partial charge in [0.15, 0.2) is 0 Å². The number of rotatable bonds is 34. The van der Waals surface area contributed by atoms with E-state index in [0.29, 0.717) is 11.8 Å². The molecule has 0 aromatic heterocycles. The van der Waals surface area contributed by atoms with Gasteiger partial charge < -0.3 is 0 Å². The highest BCUT2D eigenvalue weighted by Gasteiger charge is 2.14. The maximum Gasteiger partial charge on any atom is 0.148 e. The summed E-state index contributed by atoms with van der Waals surface area (Å²) >= 11 is 4.64. The zero-order chi connectivity index (χ0) is 62.8. The van der Waals surface area contributed by atoms with Crippen molar-refractivity contribution >= 4 is 17.8 Å². The van der Waals surface area contributed by atoms with Gasteiger partial charge in [-0.05, 0) is 116 Å². The normalized spacial score (nSPS) is 12.5. The molecular formula is C76H147ClN+. The van der Waals surface area contributed by atoms with Gasteiger partial charge in [0.25, 0.3) is 0 Å². The van der Waals surface area contributed by atoms with E-state index in [1.165, 1.54) is 131 Å². The largest absolute Gasteiger partial charge is 0.242 e. The Bertz CT molecular complexity index is 1390. The zero-order valence-electron chi connectivity index (χ0n) is 57.9. The van der Waals surface area contributed by atoms with Crippen LogP contribution in [0, 0.1) is 47.9 Å². The number of terminal acetylenes is 1. The second kappa shape index (κ2) is 90.5. The summed E-state index contributed by atoms with van der Waals surface area (Å²) in [7, 11) is 2.17. The SMILES string of the molecule is C#CC(CC)/C(C)=C/CC(=C)CC(C)C(C)CCCC(C)CC.C=C.C=C(C)CCCCC.C=CCC.C=CCCC=CC.CC.CC.CCC=[N+](C)CC(CC)/C(C)=C/C=C/C=C/CCCC.CCCCCC(C)C.CCl. The molecule has 1 nitrogen and oxygen atoms in total. The Kier molecular flexibility index (Phi) is 113. The third-order valence-electron chi connectivity index (χ3n) is 12.7. The molecule has 0 radical (unpaired) electrons. The van der Waals surface area contributed by atoms with E-state index in [1.54, 1.807) is 0 Å². The van der Waals surface area contributed by atoms with Crippen molar-refractivity contribution in [2.45, 2.75) is 293 Å². The standard InChI is InChI=1S/C23H40.C19H34N.C8H18.C8H16.C7H12.C4H8.2C2H6.C2H4.CH3Cl/c1-9-18(4)13-12-14-20(6)22(8)17-19(5)15-16-21(7)23(10-2)11-3;1-6-9-10-11-12-13-14-15-18(4)19(8-3)17-20(5)16-7-2;2*1-4-5-6-7-8(2)3;1-3-5-7-6-4-2;1-3-4-2;4*1-2/h2,16,18,20,22-23H,5,9,11-15,17H2,1,3-4,6-8H3;11-16,19H,6-10,17H2,1-5H3;8H,4-7H2,1-3H3;2,4-7H2,1,3H3;3-4,6H,1,5,7H2,2H3;3H,1,4H2,2H3;2*1-2H3;1-2H2;1H3/q;+1;;;;;;;;/b21-16+;12-11+,14-13+,18-15+,20-16?;;;;;;;;. The molecule has 462 valence electrons. The fourth-order valence-electron chi connectivity index (χ4n) is 7.13. The number of hydrogen-bond donors (Lipinski definition) is 0. The Morgan fingerprint density at radius 1 is 0.615 bits per heavy atom. The van der Waals surface area contributed by atoms with Gasteiger partial charge >= 0.3 is 0 Å². The van der Waals surface area contributed by atoms with E-state index in [2.05, 4.69) is 234 Å². The highest BCUT2D eigenvalue weighted by molar-refractivity contribution is 6.15. The molecule has 0 bridgehead atoms. The van der Waals surface area contributed by atoms with Crippen LogP contribution in [0.15, 0.2) is 123 Å². The molecule has 0 spiro atoms. The Labute approximate surface area is 503 Å². The van der Waals surface area contributed by atoms with E-state index in [1.807, 2.05) is 46.8 Å². The van der Waals surface area contributed by atoms with Crippen LogP contribution >= 0.6 is 11.6 Å². The third kappa shape index (κ3) is 95.3. The smallest absolute Gasteiger partial charge is 0.148 e. The fourth-order valence-corrected chi connectivity index (χ4v) is 7.13. The lowest BCUT2D eigenvalue weighted by atomic mass is 9.84. The molecule has 0 saturated carbocycles. The first-order chi connectivity index (χ1) is 37.4. The molecular weight excluding hydrogens is 962 g/mol.